The molecule has 1 aliphatic heterocycles. The highest BCUT2D eigenvalue weighted by molar-refractivity contribution is 6.35. The van der Waals surface area contributed by atoms with Crippen LogP contribution in [0.3, 0.4) is 0 Å². The van der Waals surface area contributed by atoms with Crippen LogP contribution in [0.2, 0.25) is 0 Å². The summed E-state index contributed by atoms with van der Waals surface area (Å²) in [5, 5.41) is -0.471. The van der Waals surface area contributed by atoms with Crippen molar-refractivity contribution in [1.29, 1.82) is 0 Å². The molecule has 0 radical (unpaired) electrons. The molecule has 1 aliphatic rings. The lowest BCUT2D eigenvalue weighted by Gasteiger charge is -2.10. The van der Waals surface area contributed by atoms with Crippen molar-refractivity contribution in [2.24, 2.45) is 4.99 Å². The first kappa shape index (κ1) is 14.8. The number of hydrogen-bond acceptors (Lipinski definition) is 3. The van der Waals surface area contributed by atoms with E-state index in [-0.39, 0.29) is 0 Å². The number of aliphatic imine (C=N–C) groups is 1. The number of nitrogens with zero attached hydrogens (tertiary/aromatic N) is 1. The van der Waals surface area contributed by atoms with Crippen LogP contribution in [0.5, 0.6) is 5.75 Å². The van der Waals surface area contributed by atoms with E-state index in [2.05, 4.69) is 10.3 Å². The summed E-state index contributed by atoms with van der Waals surface area (Å²) in [6.07, 6.45) is 2.98. The quantitative estimate of drug-likeness (QED) is 0.676. The lowest BCUT2D eigenvalue weighted by molar-refractivity contribution is 0.177. The molecule has 0 unspecified atom stereocenters. The Labute approximate surface area is 121 Å². The third kappa shape index (κ3) is 3.93. The maximum atomic E-state index is 13.4. The Morgan fingerprint density at radius 1 is 1.40 bits per heavy atom. The predicted molar refractivity (Wildman–Crippen MR) is 76.2 cm³/mol. The van der Waals surface area contributed by atoms with Crippen LogP contribution in [0, 0.1) is 0 Å². The van der Waals surface area contributed by atoms with Gasteiger partial charge in [0.05, 0.1) is 12.8 Å². The molecule has 0 aliphatic carbocycles. The number of ether oxygens (including phenoxy) is 1. The monoisotopic (exact) mass is 300 g/mol. The molecule has 1 aromatic carbocycles. The molecule has 6 heteroatoms. The van der Waals surface area contributed by atoms with Gasteiger partial charge in [-0.1, -0.05) is 0 Å². The van der Waals surface area contributed by atoms with Crippen LogP contribution >= 0.6 is 11.6 Å². The molecule has 2 rings (SSSR count). The largest absolute Gasteiger partial charge is 0.497 e. The first-order chi connectivity index (χ1) is 9.49. The second-order valence-electron chi connectivity index (χ2n) is 4.39. The Morgan fingerprint density at radius 3 is 2.60 bits per heavy atom. The van der Waals surface area contributed by atoms with Crippen LogP contribution in [0.4, 0.5) is 14.5 Å². The van der Waals surface area contributed by atoms with Crippen LogP contribution in [0.1, 0.15) is 12.8 Å². The Balaban J connectivity index is 2.29. The number of rotatable bonds is 4. The van der Waals surface area contributed by atoms with E-state index in [0.717, 1.165) is 25.1 Å². The third-order valence-electron chi connectivity index (χ3n) is 2.90. The summed E-state index contributed by atoms with van der Waals surface area (Å²) in [6.45, 7) is 0.787. The van der Waals surface area contributed by atoms with Gasteiger partial charge in [0.2, 0.25) is 0 Å². The maximum absolute atomic E-state index is 13.4. The highest BCUT2D eigenvalue weighted by atomic mass is 35.5. The SMILES string of the molecule is COc1ccc(N=C(/C=C2\CCCN2)C(F)(F)Cl)cc1. The smallest absolute Gasteiger partial charge is 0.364 e. The van der Waals surface area contributed by atoms with Gasteiger partial charge in [-0.05, 0) is 54.8 Å². The summed E-state index contributed by atoms with van der Waals surface area (Å²) in [5.41, 5.74) is 0.669. The first-order valence-corrected chi connectivity index (χ1v) is 6.61. The number of methoxy groups -OCH3 is 1. The van der Waals surface area contributed by atoms with Gasteiger partial charge in [0.1, 0.15) is 11.5 Å². The highest BCUT2D eigenvalue weighted by Gasteiger charge is 2.32. The van der Waals surface area contributed by atoms with Gasteiger partial charge >= 0.3 is 5.38 Å². The second-order valence-corrected chi connectivity index (χ2v) is 4.87. The third-order valence-corrected chi connectivity index (χ3v) is 3.09. The molecular weight excluding hydrogens is 286 g/mol. The minimum atomic E-state index is -3.50. The van der Waals surface area contributed by atoms with Crippen molar-refractivity contribution < 1.29 is 13.5 Å². The average Bonchev–Trinajstić information content (AvgIpc) is 2.91. The number of halogens is 3. The molecule has 108 valence electrons. The molecule has 20 heavy (non-hydrogen) atoms. The molecule has 0 atom stereocenters. The Hall–Kier alpha value is -1.62. The fraction of sp³-hybridized carbons (Fsp3) is 0.357. The fourth-order valence-electron chi connectivity index (χ4n) is 1.88. The number of benzene rings is 1. The molecule has 0 aromatic heterocycles. The number of nitrogens with one attached hydrogen (secondary N) is 1. The van der Waals surface area contributed by atoms with Crippen molar-refractivity contribution in [1.82, 2.24) is 5.32 Å². The van der Waals surface area contributed by atoms with E-state index in [9.17, 15) is 8.78 Å². The molecule has 3 nitrogen and oxygen atoms in total. The van der Waals surface area contributed by atoms with Gasteiger partial charge in [0, 0.05) is 12.2 Å². The summed E-state index contributed by atoms with van der Waals surface area (Å²) in [4.78, 5) is 3.93. The van der Waals surface area contributed by atoms with Crippen LogP contribution in [-0.2, 0) is 0 Å². The Morgan fingerprint density at radius 2 is 2.10 bits per heavy atom. The maximum Gasteiger partial charge on any atom is 0.364 e. The summed E-state index contributed by atoms with van der Waals surface area (Å²) >= 11 is 5.12. The zero-order valence-corrected chi connectivity index (χ0v) is 11.8. The van der Waals surface area contributed by atoms with Crippen LogP contribution in [0.25, 0.3) is 0 Å². The van der Waals surface area contributed by atoms with E-state index >= 15 is 0 Å². The summed E-state index contributed by atoms with van der Waals surface area (Å²) in [7, 11) is 1.53. The van der Waals surface area contributed by atoms with E-state index < -0.39 is 11.1 Å². The number of allylic oxidation sites excluding steroid dienone is 2. The normalized spacial score (nSPS) is 18.2. The van der Waals surface area contributed by atoms with E-state index in [4.69, 9.17) is 16.3 Å². The molecule has 0 amide bonds. The Bertz CT molecular complexity index is 513. The van der Waals surface area contributed by atoms with E-state index in [1.54, 1.807) is 24.3 Å². The van der Waals surface area contributed by atoms with Gasteiger partial charge in [0.25, 0.3) is 0 Å². The molecule has 1 N–H and O–H groups in total. The fourth-order valence-corrected chi connectivity index (χ4v) is 1.97. The minimum absolute atomic E-state index is 0.399. The average molecular weight is 301 g/mol. The lowest BCUT2D eigenvalue weighted by atomic mass is 10.2. The standard InChI is InChI=1S/C14H15ClF2N2O/c1-20-12-6-4-10(5-7-12)19-13(14(15,16)17)9-11-3-2-8-18-11/h4-7,9,18H,2-3,8H2,1H3/b11-9+,19-13?. The molecule has 0 spiro atoms. The number of hydrogen-bond donors (Lipinski definition) is 1. The summed E-state index contributed by atoms with van der Waals surface area (Å²) in [6, 6.07) is 6.51. The zero-order valence-electron chi connectivity index (χ0n) is 11.0. The van der Waals surface area contributed by atoms with Crippen LogP contribution in [0.15, 0.2) is 41.0 Å². The topological polar surface area (TPSA) is 33.6 Å². The van der Waals surface area contributed by atoms with Gasteiger partial charge in [-0.3, -0.25) is 0 Å². The molecule has 1 saturated heterocycles. The van der Waals surface area contributed by atoms with E-state index in [1.807, 2.05) is 0 Å². The zero-order chi connectivity index (χ0) is 14.6. The van der Waals surface area contributed by atoms with Crippen molar-refractivity contribution in [2.75, 3.05) is 13.7 Å². The lowest BCUT2D eigenvalue weighted by Crippen LogP contribution is -2.21. The van der Waals surface area contributed by atoms with Gasteiger partial charge in [0.15, 0.2) is 0 Å². The molecule has 0 bridgehead atoms. The van der Waals surface area contributed by atoms with Crippen molar-refractivity contribution in [3.63, 3.8) is 0 Å². The predicted octanol–water partition coefficient (Wildman–Crippen LogP) is 3.87. The minimum Gasteiger partial charge on any atom is -0.497 e. The molecule has 0 saturated carbocycles. The molecule has 1 fully saturated rings. The molecule has 1 aromatic rings. The van der Waals surface area contributed by atoms with Gasteiger partial charge < -0.3 is 10.1 Å². The van der Waals surface area contributed by atoms with E-state index in [1.165, 1.54) is 13.2 Å². The van der Waals surface area contributed by atoms with Crippen LogP contribution in [-0.4, -0.2) is 24.7 Å². The first-order valence-electron chi connectivity index (χ1n) is 6.23. The Kier molecular flexibility index (Phi) is 4.60. The van der Waals surface area contributed by atoms with Crippen molar-refractivity contribution >= 4 is 23.0 Å². The molecular formula is C14H15ClF2N2O. The molecule has 1 heterocycles. The van der Waals surface area contributed by atoms with Gasteiger partial charge in [-0.25, -0.2) is 4.99 Å². The second kappa shape index (κ2) is 6.22. The van der Waals surface area contributed by atoms with Crippen molar-refractivity contribution in [3.8, 4) is 5.75 Å². The van der Waals surface area contributed by atoms with Crippen molar-refractivity contribution in [3.05, 3.63) is 36.0 Å². The van der Waals surface area contributed by atoms with E-state index in [0.29, 0.717) is 11.4 Å². The number of alkyl halides is 3. The van der Waals surface area contributed by atoms with Crippen LogP contribution < -0.4 is 10.1 Å². The highest BCUT2D eigenvalue weighted by Crippen LogP contribution is 2.27. The van der Waals surface area contributed by atoms with Crippen molar-refractivity contribution in [2.45, 2.75) is 18.2 Å². The summed E-state index contributed by atoms with van der Waals surface area (Å²) < 4.78 is 31.8. The van der Waals surface area contributed by atoms with Gasteiger partial charge in [-0.15, -0.1) is 0 Å². The van der Waals surface area contributed by atoms with Gasteiger partial charge in [-0.2, -0.15) is 8.78 Å². The summed E-state index contributed by atoms with van der Waals surface area (Å²) in [5.74, 6) is 0.638.